The summed E-state index contributed by atoms with van der Waals surface area (Å²) < 4.78 is 16.9. The molecule has 0 aromatic rings. The fraction of sp³-hybridized carbons (Fsp3) is 0.720. The Morgan fingerprint density at radius 1 is 0.259 bits per heavy atom. The van der Waals surface area contributed by atoms with Gasteiger partial charge < -0.3 is 14.2 Å². The van der Waals surface area contributed by atoms with E-state index in [4.69, 9.17) is 14.2 Å². The average Bonchev–Trinajstić information content (AvgIpc) is 3.47. The van der Waals surface area contributed by atoms with Gasteiger partial charge in [0.2, 0.25) is 0 Å². The summed E-state index contributed by atoms with van der Waals surface area (Å²) >= 11 is 0. The van der Waals surface area contributed by atoms with Crippen LogP contribution >= 0.6 is 0 Å². The van der Waals surface area contributed by atoms with Crippen molar-refractivity contribution < 1.29 is 28.6 Å². The predicted molar refractivity (Wildman–Crippen MR) is 353 cm³/mol. The summed E-state index contributed by atoms with van der Waals surface area (Å²) in [5.74, 6) is -0.890. The highest BCUT2D eigenvalue weighted by Crippen LogP contribution is 2.17. The number of rotatable bonds is 62. The van der Waals surface area contributed by atoms with Gasteiger partial charge >= 0.3 is 17.9 Å². The molecule has 0 fully saturated rings. The zero-order chi connectivity index (χ0) is 58.5. The zero-order valence-corrected chi connectivity index (χ0v) is 53.3. The van der Waals surface area contributed by atoms with Gasteiger partial charge in [0.15, 0.2) is 6.10 Å². The molecule has 0 aliphatic heterocycles. The number of allylic oxidation sites excluding steroid dienone is 18. The number of hydrogen-bond donors (Lipinski definition) is 0. The molecule has 0 rings (SSSR count). The molecule has 0 aliphatic rings. The lowest BCUT2D eigenvalue weighted by Crippen LogP contribution is -2.30. The van der Waals surface area contributed by atoms with Gasteiger partial charge in [0.05, 0.1) is 0 Å². The molecular weight excluding hydrogens is 997 g/mol. The number of ether oxygens (including phenoxy) is 3. The Bertz CT molecular complexity index is 1620. The molecule has 1 atom stereocenters. The second kappa shape index (κ2) is 68.6. The first-order valence-electron chi connectivity index (χ1n) is 34.4. The molecule has 81 heavy (non-hydrogen) atoms. The van der Waals surface area contributed by atoms with E-state index in [0.29, 0.717) is 19.3 Å². The van der Waals surface area contributed by atoms with Gasteiger partial charge in [-0.1, -0.05) is 297 Å². The lowest BCUT2D eigenvalue weighted by atomic mass is 10.0. The predicted octanol–water partition coefficient (Wildman–Crippen LogP) is 23.8. The molecule has 1 unspecified atom stereocenters. The zero-order valence-electron chi connectivity index (χ0n) is 53.3. The summed E-state index contributed by atoms with van der Waals surface area (Å²) in [5.41, 5.74) is 0. The Morgan fingerprint density at radius 3 is 0.815 bits per heavy atom. The average molecular weight is 1130 g/mol. The molecule has 0 N–H and O–H groups in total. The van der Waals surface area contributed by atoms with Gasteiger partial charge in [-0.25, -0.2) is 0 Å². The van der Waals surface area contributed by atoms with Crippen molar-refractivity contribution in [3.8, 4) is 0 Å². The first kappa shape index (κ1) is 77.1. The van der Waals surface area contributed by atoms with E-state index in [9.17, 15) is 14.4 Å². The van der Waals surface area contributed by atoms with E-state index < -0.39 is 6.10 Å². The van der Waals surface area contributed by atoms with Crippen molar-refractivity contribution >= 4 is 17.9 Å². The topological polar surface area (TPSA) is 78.9 Å². The first-order valence-corrected chi connectivity index (χ1v) is 34.4. The standard InChI is InChI=1S/C75H128O6/c1-4-7-10-13-16-19-22-24-26-28-30-31-32-33-34-35-36-37-38-39-40-41-42-43-44-45-46-48-49-51-53-56-59-62-65-68-74(77)80-71-72(70-79-73(76)67-64-61-58-55-21-18-15-12-9-6-3)81-75(78)69-66-63-60-57-54-52-50-47-29-27-25-23-20-17-14-11-8-5-2/h7,10,12,15-16,19-20,23-24,26-27,29-31,33-34,36-37,72H,4-6,8-9,11,13-14,17-18,21-22,25,28,32,35,38-71H2,1-3H3/b10-7-,15-12-,19-16-,23-20-,26-24-,29-27-,31-30-,34-33-,37-36-. The van der Waals surface area contributed by atoms with Gasteiger partial charge in [0.25, 0.3) is 0 Å². The van der Waals surface area contributed by atoms with Crippen molar-refractivity contribution in [3.63, 3.8) is 0 Å². The molecule has 0 saturated carbocycles. The largest absolute Gasteiger partial charge is 0.462 e. The summed E-state index contributed by atoms with van der Waals surface area (Å²) in [4.78, 5) is 38.3. The Morgan fingerprint density at radius 2 is 0.506 bits per heavy atom. The van der Waals surface area contributed by atoms with Gasteiger partial charge in [0.1, 0.15) is 13.2 Å². The first-order chi connectivity index (χ1) is 40.0. The van der Waals surface area contributed by atoms with E-state index in [2.05, 4.69) is 130 Å². The van der Waals surface area contributed by atoms with Crippen LogP contribution in [0.2, 0.25) is 0 Å². The number of carbonyl (C=O) groups is 3. The van der Waals surface area contributed by atoms with Crippen molar-refractivity contribution in [1.29, 1.82) is 0 Å². The molecule has 464 valence electrons. The fourth-order valence-corrected chi connectivity index (χ4v) is 9.60. The van der Waals surface area contributed by atoms with Crippen LogP contribution in [-0.2, 0) is 28.6 Å². The van der Waals surface area contributed by atoms with Crippen LogP contribution in [-0.4, -0.2) is 37.2 Å². The highest BCUT2D eigenvalue weighted by molar-refractivity contribution is 5.71. The maximum atomic E-state index is 12.9. The molecular formula is C75H128O6. The van der Waals surface area contributed by atoms with E-state index >= 15 is 0 Å². The molecule has 0 spiro atoms. The van der Waals surface area contributed by atoms with E-state index in [1.165, 1.54) is 167 Å². The van der Waals surface area contributed by atoms with Crippen LogP contribution < -0.4 is 0 Å². The monoisotopic (exact) mass is 1120 g/mol. The SMILES string of the molecule is CC/C=C\C/C=C\C/C=C\C/C=C\C/C=C\C/C=C\CCCCCCCCCCCCCCCCCCC(=O)OCC(COC(=O)CCCCCCC/C=C\CCC)OC(=O)CCCCCCCCC/C=C\C/C=C\CCCCCC. The van der Waals surface area contributed by atoms with Crippen LogP contribution in [0.25, 0.3) is 0 Å². The molecule has 6 nitrogen and oxygen atoms in total. The second-order valence-electron chi connectivity index (χ2n) is 22.7. The van der Waals surface area contributed by atoms with Crippen molar-refractivity contribution in [1.82, 2.24) is 0 Å². The van der Waals surface area contributed by atoms with Gasteiger partial charge in [-0.05, 0) is 122 Å². The Balaban J connectivity index is 4.12. The number of hydrogen-bond acceptors (Lipinski definition) is 6. The minimum atomic E-state index is -0.785. The molecule has 0 saturated heterocycles. The van der Waals surface area contributed by atoms with Crippen molar-refractivity contribution in [2.45, 2.75) is 335 Å². The third-order valence-electron chi connectivity index (χ3n) is 14.7. The molecule has 0 aromatic heterocycles. The van der Waals surface area contributed by atoms with Crippen molar-refractivity contribution in [3.05, 3.63) is 109 Å². The summed E-state index contributed by atoms with van der Waals surface area (Å²) in [6.45, 7) is 6.46. The maximum absolute atomic E-state index is 12.9. The summed E-state index contributed by atoms with van der Waals surface area (Å²) in [5, 5.41) is 0. The van der Waals surface area contributed by atoms with E-state index in [1.54, 1.807) is 0 Å². The Kier molecular flexibility index (Phi) is 65.2. The maximum Gasteiger partial charge on any atom is 0.306 e. The highest BCUT2D eigenvalue weighted by Gasteiger charge is 2.19. The highest BCUT2D eigenvalue weighted by atomic mass is 16.6. The van der Waals surface area contributed by atoms with Crippen LogP contribution in [0.4, 0.5) is 0 Å². The molecule has 0 heterocycles. The quantitative estimate of drug-likeness (QED) is 0.0261. The molecule has 0 amide bonds. The normalized spacial score (nSPS) is 12.8. The minimum Gasteiger partial charge on any atom is -0.462 e. The van der Waals surface area contributed by atoms with Gasteiger partial charge in [-0.3, -0.25) is 14.4 Å². The van der Waals surface area contributed by atoms with Crippen LogP contribution in [0, 0.1) is 0 Å². The van der Waals surface area contributed by atoms with E-state index in [-0.39, 0.29) is 31.1 Å². The molecule has 0 aliphatic carbocycles. The van der Waals surface area contributed by atoms with Gasteiger partial charge in [0, 0.05) is 19.3 Å². The number of carbonyl (C=O) groups excluding carboxylic acids is 3. The summed E-state index contributed by atoms with van der Waals surface area (Å²) in [6.07, 6.45) is 94.1. The van der Waals surface area contributed by atoms with Crippen LogP contribution in [0.3, 0.4) is 0 Å². The van der Waals surface area contributed by atoms with Crippen molar-refractivity contribution in [2.75, 3.05) is 13.2 Å². The van der Waals surface area contributed by atoms with Gasteiger partial charge in [-0.2, -0.15) is 0 Å². The Labute approximate surface area is 501 Å². The smallest absolute Gasteiger partial charge is 0.306 e. The third kappa shape index (κ3) is 66.8. The summed E-state index contributed by atoms with van der Waals surface area (Å²) in [6, 6.07) is 0. The molecule has 6 heteroatoms. The lowest BCUT2D eigenvalue weighted by Gasteiger charge is -2.18. The van der Waals surface area contributed by atoms with E-state index in [1.807, 2.05) is 0 Å². The third-order valence-corrected chi connectivity index (χ3v) is 14.7. The van der Waals surface area contributed by atoms with Crippen molar-refractivity contribution in [2.24, 2.45) is 0 Å². The van der Waals surface area contributed by atoms with E-state index in [0.717, 1.165) is 122 Å². The summed E-state index contributed by atoms with van der Waals surface area (Å²) in [7, 11) is 0. The number of unbranched alkanes of at least 4 members (excludes halogenated alkanes) is 33. The minimum absolute atomic E-state index is 0.0815. The molecule has 0 bridgehead atoms. The Hall–Kier alpha value is -3.93. The van der Waals surface area contributed by atoms with Crippen LogP contribution in [0.5, 0.6) is 0 Å². The van der Waals surface area contributed by atoms with Crippen LogP contribution in [0.1, 0.15) is 329 Å². The molecule has 0 aromatic carbocycles. The second-order valence-corrected chi connectivity index (χ2v) is 22.7. The fourth-order valence-electron chi connectivity index (χ4n) is 9.60. The number of esters is 3. The van der Waals surface area contributed by atoms with Gasteiger partial charge in [-0.15, -0.1) is 0 Å². The lowest BCUT2D eigenvalue weighted by molar-refractivity contribution is -0.167. The molecule has 0 radical (unpaired) electrons. The van der Waals surface area contributed by atoms with Crippen LogP contribution in [0.15, 0.2) is 109 Å².